The van der Waals surface area contributed by atoms with Gasteiger partial charge in [0.2, 0.25) is 0 Å². The molecule has 0 unspecified atom stereocenters. The summed E-state index contributed by atoms with van der Waals surface area (Å²) in [4.78, 5) is 13.9. The topological polar surface area (TPSA) is 87.1 Å². The summed E-state index contributed by atoms with van der Waals surface area (Å²) in [6, 6.07) is -0.435. The maximum absolute atomic E-state index is 11.2. The fourth-order valence-corrected chi connectivity index (χ4v) is 1.30. The van der Waals surface area contributed by atoms with Gasteiger partial charge in [0.1, 0.15) is 6.04 Å². The highest BCUT2D eigenvalue weighted by atomic mass is 16.5. The van der Waals surface area contributed by atoms with E-state index in [2.05, 4.69) is 15.3 Å². The number of hydrogen-bond donors (Lipinski definition) is 1. The largest absolute Gasteiger partial charge is 0.465 e. The van der Waals surface area contributed by atoms with E-state index < -0.39 is 0 Å². The smallest absolute Gasteiger partial charge is 0.323 e. The van der Waals surface area contributed by atoms with Crippen molar-refractivity contribution in [3.8, 4) is 0 Å². The minimum atomic E-state index is -0.310. The SMILES string of the molecule is CCOC(=O)[C@@H]1C[C@@H](N=[N+]=[N-])CN1. The highest BCUT2D eigenvalue weighted by Crippen LogP contribution is 2.11. The number of rotatable bonds is 3. The van der Waals surface area contributed by atoms with Gasteiger partial charge >= 0.3 is 5.97 Å². The molecule has 0 bridgehead atoms. The molecular weight excluding hydrogens is 172 g/mol. The van der Waals surface area contributed by atoms with Gasteiger partial charge in [-0.2, -0.15) is 0 Å². The first-order valence-corrected chi connectivity index (χ1v) is 4.22. The first-order valence-electron chi connectivity index (χ1n) is 4.22. The quantitative estimate of drug-likeness (QED) is 0.301. The fourth-order valence-electron chi connectivity index (χ4n) is 1.30. The van der Waals surface area contributed by atoms with Gasteiger partial charge in [0, 0.05) is 11.5 Å². The van der Waals surface area contributed by atoms with Crippen LogP contribution in [-0.2, 0) is 9.53 Å². The van der Waals surface area contributed by atoms with Gasteiger partial charge in [-0.05, 0) is 18.9 Å². The summed E-state index contributed by atoms with van der Waals surface area (Å²) in [5, 5.41) is 6.46. The molecule has 2 atom stereocenters. The molecule has 0 aromatic heterocycles. The van der Waals surface area contributed by atoms with E-state index in [1.54, 1.807) is 6.92 Å². The van der Waals surface area contributed by atoms with Gasteiger partial charge in [0.25, 0.3) is 0 Å². The third kappa shape index (κ3) is 2.61. The summed E-state index contributed by atoms with van der Waals surface area (Å²) in [6.07, 6.45) is 0.531. The minimum absolute atomic E-state index is 0.126. The Labute approximate surface area is 75.9 Å². The molecule has 1 aliphatic rings. The standard InChI is InChI=1S/C7H12N4O2/c1-2-13-7(12)6-3-5(4-9-6)10-11-8/h5-6,9H,2-4H2,1H3/t5-,6+/m1/s1. The molecule has 1 heterocycles. The maximum Gasteiger partial charge on any atom is 0.323 e. The van der Waals surface area contributed by atoms with Gasteiger partial charge in [-0.25, -0.2) is 0 Å². The lowest BCUT2D eigenvalue weighted by Gasteiger charge is -2.07. The molecular formula is C7H12N4O2. The van der Waals surface area contributed by atoms with Crippen LogP contribution in [0.15, 0.2) is 5.11 Å². The maximum atomic E-state index is 11.2. The van der Waals surface area contributed by atoms with Gasteiger partial charge in [-0.1, -0.05) is 5.11 Å². The van der Waals surface area contributed by atoms with E-state index in [1.807, 2.05) is 0 Å². The van der Waals surface area contributed by atoms with Crippen LogP contribution < -0.4 is 5.32 Å². The number of carbonyl (C=O) groups is 1. The second-order valence-electron chi connectivity index (χ2n) is 2.81. The van der Waals surface area contributed by atoms with E-state index >= 15 is 0 Å². The summed E-state index contributed by atoms with van der Waals surface area (Å²) in [6.45, 7) is 2.69. The molecule has 0 aromatic carbocycles. The molecule has 0 spiro atoms. The fraction of sp³-hybridized carbons (Fsp3) is 0.857. The molecule has 1 N–H and O–H groups in total. The number of azide groups is 1. The highest BCUT2D eigenvalue weighted by Gasteiger charge is 2.29. The molecule has 0 aromatic rings. The lowest BCUT2D eigenvalue weighted by atomic mass is 10.2. The van der Waals surface area contributed by atoms with Crippen molar-refractivity contribution >= 4 is 5.97 Å². The number of carbonyl (C=O) groups excluding carboxylic acids is 1. The Morgan fingerprint density at radius 2 is 2.62 bits per heavy atom. The summed E-state index contributed by atoms with van der Waals surface area (Å²) in [7, 11) is 0. The number of nitrogens with one attached hydrogen (secondary N) is 1. The second-order valence-corrected chi connectivity index (χ2v) is 2.81. The van der Waals surface area contributed by atoms with Crippen LogP contribution in [0.5, 0.6) is 0 Å². The van der Waals surface area contributed by atoms with E-state index in [1.165, 1.54) is 0 Å². The Morgan fingerprint density at radius 3 is 3.23 bits per heavy atom. The summed E-state index contributed by atoms with van der Waals surface area (Å²) < 4.78 is 4.82. The monoisotopic (exact) mass is 184 g/mol. The van der Waals surface area contributed by atoms with Gasteiger partial charge < -0.3 is 10.1 Å². The molecule has 1 saturated heterocycles. The van der Waals surface area contributed by atoms with E-state index in [0.717, 1.165) is 0 Å². The van der Waals surface area contributed by atoms with E-state index in [-0.39, 0.29) is 18.1 Å². The Balaban J connectivity index is 2.40. The molecule has 1 aliphatic heterocycles. The highest BCUT2D eigenvalue weighted by molar-refractivity contribution is 5.76. The molecule has 0 amide bonds. The normalized spacial score (nSPS) is 26.5. The first kappa shape index (κ1) is 9.83. The van der Waals surface area contributed by atoms with Crippen LogP contribution >= 0.6 is 0 Å². The van der Waals surface area contributed by atoms with Crippen LogP contribution in [0.2, 0.25) is 0 Å². The van der Waals surface area contributed by atoms with E-state index in [4.69, 9.17) is 10.3 Å². The molecule has 13 heavy (non-hydrogen) atoms. The Bertz CT molecular complexity index is 237. The predicted octanol–water partition coefficient (Wildman–Crippen LogP) is 0.590. The Hall–Kier alpha value is -1.26. The summed E-state index contributed by atoms with van der Waals surface area (Å²) >= 11 is 0. The summed E-state index contributed by atoms with van der Waals surface area (Å²) in [5.41, 5.74) is 8.17. The van der Waals surface area contributed by atoms with Crippen LogP contribution in [0.4, 0.5) is 0 Å². The third-order valence-electron chi connectivity index (χ3n) is 1.89. The zero-order chi connectivity index (χ0) is 9.68. The molecule has 72 valence electrons. The molecule has 6 nitrogen and oxygen atoms in total. The van der Waals surface area contributed by atoms with Crippen LogP contribution in [-0.4, -0.2) is 31.2 Å². The summed E-state index contributed by atoms with van der Waals surface area (Å²) in [5.74, 6) is -0.266. The van der Waals surface area contributed by atoms with Crippen molar-refractivity contribution in [3.05, 3.63) is 10.4 Å². The average Bonchev–Trinajstić information content (AvgIpc) is 2.54. The zero-order valence-corrected chi connectivity index (χ0v) is 7.43. The predicted molar refractivity (Wildman–Crippen MR) is 46.0 cm³/mol. The van der Waals surface area contributed by atoms with Gasteiger partial charge in [0.05, 0.1) is 12.6 Å². The number of esters is 1. The van der Waals surface area contributed by atoms with Crippen LogP contribution in [0.25, 0.3) is 10.4 Å². The van der Waals surface area contributed by atoms with Gasteiger partial charge in [-0.15, -0.1) is 0 Å². The average molecular weight is 184 g/mol. The van der Waals surface area contributed by atoms with Crippen molar-refractivity contribution in [2.75, 3.05) is 13.2 Å². The van der Waals surface area contributed by atoms with Crippen LogP contribution in [0.1, 0.15) is 13.3 Å². The molecule has 0 radical (unpaired) electrons. The molecule has 1 fully saturated rings. The second kappa shape index (κ2) is 4.69. The third-order valence-corrected chi connectivity index (χ3v) is 1.89. The Kier molecular flexibility index (Phi) is 3.54. The lowest BCUT2D eigenvalue weighted by Crippen LogP contribution is -2.32. The van der Waals surface area contributed by atoms with Crippen molar-refractivity contribution in [3.63, 3.8) is 0 Å². The molecule has 0 aliphatic carbocycles. The zero-order valence-electron chi connectivity index (χ0n) is 7.43. The Morgan fingerprint density at radius 1 is 1.85 bits per heavy atom. The van der Waals surface area contributed by atoms with Gasteiger partial charge in [0.15, 0.2) is 0 Å². The van der Waals surface area contributed by atoms with Gasteiger partial charge in [-0.3, -0.25) is 4.79 Å². The van der Waals surface area contributed by atoms with Crippen molar-refractivity contribution in [2.45, 2.75) is 25.4 Å². The number of nitrogens with zero attached hydrogens (tertiary/aromatic N) is 3. The number of hydrogen-bond acceptors (Lipinski definition) is 4. The lowest BCUT2D eigenvalue weighted by molar-refractivity contribution is -0.145. The van der Waals surface area contributed by atoms with Crippen molar-refractivity contribution < 1.29 is 9.53 Å². The van der Waals surface area contributed by atoms with Crippen molar-refractivity contribution in [1.29, 1.82) is 0 Å². The minimum Gasteiger partial charge on any atom is -0.465 e. The molecule has 6 heteroatoms. The van der Waals surface area contributed by atoms with Crippen molar-refractivity contribution in [1.82, 2.24) is 5.32 Å². The van der Waals surface area contributed by atoms with E-state index in [0.29, 0.717) is 19.6 Å². The first-order chi connectivity index (χ1) is 6.27. The molecule has 1 rings (SSSR count). The number of ether oxygens (including phenoxy) is 1. The molecule has 0 saturated carbocycles. The van der Waals surface area contributed by atoms with Crippen LogP contribution in [0.3, 0.4) is 0 Å². The van der Waals surface area contributed by atoms with E-state index in [9.17, 15) is 4.79 Å². The van der Waals surface area contributed by atoms with Crippen molar-refractivity contribution in [2.24, 2.45) is 5.11 Å². The van der Waals surface area contributed by atoms with Crippen LogP contribution in [0, 0.1) is 0 Å².